The average Bonchev–Trinajstić information content (AvgIpc) is 3.01. The molecule has 1 aromatic rings. The molecule has 4 nitrogen and oxygen atoms in total. The van der Waals surface area contributed by atoms with Crippen molar-refractivity contribution in [2.45, 2.75) is 43.7 Å². The van der Waals surface area contributed by atoms with Crippen LogP contribution < -0.4 is 5.73 Å². The summed E-state index contributed by atoms with van der Waals surface area (Å²) in [5.74, 6) is 0.567. The topological polar surface area (TPSA) is 63.4 Å². The van der Waals surface area contributed by atoms with Crippen molar-refractivity contribution in [2.24, 2.45) is 11.7 Å². The minimum Gasteiger partial charge on any atom is -0.326 e. The van der Waals surface area contributed by atoms with Gasteiger partial charge < -0.3 is 5.73 Å². The van der Waals surface area contributed by atoms with Crippen LogP contribution in [0.25, 0.3) is 0 Å². The Morgan fingerprint density at radius 3 is 2.74 bits per heavy atom. The normalized spacial score (nSPS) is 27.1. The van der Waals surface area contributed by atoms with Crippen LogP contribution in [0.1, 0.15) is 30.4 Å². The molecule has 5 heteroatoms. The molecule has 1 aliphatic carbocycles. The molecular weight excluding hydrogens is 260 g/mol. The lowest BCUT2D eigenvalue weighted by molar-refractivity contribution is 0.333. The van der Waals surface area contributed by atoms with Crippen LogP contribution in [0.15, 0.2) is 23.1 Å². The predicted molar refractivity (Wildman–Crippen MR) is 74.1 cm³/mol. The van der Waals surface area contributed by atoms with Gasteiger partial charge in [0.15, 0.2) is 0 Å². The van der Waals surface area contributed by atoms with Crippen LogP contribution in [0.2, 0.25) is 0 Å². The van der Waals surface area contributed by atoms with Gasteiger partial charge in [-0.2, -0.15) is 4.31 Å². The zero-order chi connectivity index (χ0) is 13.6. The van der Waals surface area contributed by atoms with Crippen molar-refractivity contribution >= 4 is 10.0 Å². The van der Waals surface area contributed by atoms with Gasteiger partial charge in [-0.1, -0.05) is 12.1 Å². The van der Waals surface area contributed by atoms with E-state index in [0.29, 0.717) is 23.9 Å². The molecule has 2 bridgehead atoms. The molecule has 0 amide bonds. The van der Waals surface area contributed by atoms with Crippen LogP contribution in [0.4, 0.5) is 0 Å². The van der Waals surface area contributed by atoms with Crippen LogP contribution >= 0.6 is 0 Å². The molecule has 0 radical (unpaired) electrons. The molecule has 1 aromatic carbocycles. The maximum absolute atomic E-state index is 12.8. The fourth-order valence-corrected chi connectivity index (χ4v) is 5.47. The minimum atomic E-state index is -3.36. The predicted octanol–water partition coefficient (Wildman–Crippen LogP) is 1.63. The Labute approximate surface area is 114 Å². The van der Waals surface area contributed by atoms with Gasteiger partial charge in [-0.25, -0.2) is 8.42 Å². The van der Waals surface area contributed by atoms with Crippen molar-refractivity contribution in [2.75, 3.05) is 6.54 Å². The van der Waals surface area contributed by atoms with Gasteiger partial charge in [-0.15, -0.1) is 0 Å². The molecule has 1 saturated heterocycles. The lowest BCUT2D eigenvalue weighted by Gasteiger charge is -2.27. The Balaban J connectivity index is 2.01. The van der Waals surface area contributed by atoms with Gasteiger partial charge >= 0.3 is 0 Å². The van der Waals surface area contributed by atoms with E-state index in [1.807, 2.05) is 13.0 Å². The maximum atomic E-state index is 12.8. The van der Waals surface area contributed by atoms with Gasteiger partial charge in [0, 0.05) is 19.1 Å². The van der Waals surface area contributed by atoms with Crippen LogP contribution in [0.5, 0.6) is 0 Å². The zero-order valence-corrected chi connectivity index (χ0v) is 12.0. The smallest absolute Gasteiger partial charge is 0.243 e. The second-order valence-corrected chi connectivity index (χ2v) is 7.51. The summed E-state index contributed by atoms with van der Waals surface area (Å²) in [6.07, 6.45) is 3.23. The average molecular weight is 280 g/mol. The molecule has 1 saturated carbocycles. The van der Waals surface area contributed by atoms with E-state index in [1.165, 1.54) is 6.42 Å². The van der Waals surface area contributed by atoms with E-state index >= 15 is 0 Å². The second kappa shape index (κ2) is 4.58. The summed E-state index contributed by atoms with van der Waals surface area (Å²) in [5.41, 5.74) is 7.38. The quantitative estimate of drug-likeness (QED) is 0.915. The van der Waals surface area contributed by atoms with Crippen LogP contribution in [-0.4, -0.2) is 25.3 Å². The van der Waals surface area contributed by atoms with Gasteiger partial charge in [0.1, 0.15) is 0 Å². The van der Waals surface area contributed by atoms with Gasteiger partial charge in [-0.05, 0) is 49.3 Å². The van der Waals surface area contributed by atoms with E-state index in [-0.39, 0.29) is 6.04 Å². The molecule has 19 heavy (non-hydrogen) atoms. The van der Waals surface area contributed by atoms with Crippen molar-refractivity contribution in [3.05, 3.63) is 29.3 Å². The molecule has 1 aliphatic heterocycles. The first-order chi connectivity index (χ1) is 9.04. The molecule has 2 unspecified atom stereocenters. The Bertz CT molecular complexity index is 597. The van der Waals surface area contributed by atoms with E-state index in [9.17, 15) is 8.42 Å². The Morgan fingerprint density at radius 2 is 2.16 bits per heavy atom. The summed E-state index contributed by atoms with van der Waals surface area (Å²) in [7, 11) is -3.36. The van der Waals surface area contributed by atoms with Gasteiger partial charge in [0.25, 0.3) is 0 Å². The third-order valence-corrected chi connectivity index (χ3v) is 6.62. The molecule has 0 spiro atoms. The summed E-state index contributed by atoms with van der Waals surface area (Å²) in [4.78, 5) is 0.433. The van der Waals surface area contributed by atoms with Crippen molar-refractivity contribution < 1.29 is 8.42 Å². The molecular formula is C14H20N2O2S. The second-order valence-electron chi connectivity index (χ2n) is 5.65. The zero-order valence-electron chi connectivity index (χ0n) is 11.2. The summed E-state index contributed by atoms with van der Waals surface area (Å²) in [6, 6.07) is 5.60. The molecule has 2 atom stereocenters. The van der Waals surface area contributed by atoms with Crippen molar-refractivity contribution in [1.82, 2.24) is 4.31 Å². The Kier molecular flexibility index (Phi) is 3.15. The van der Waals surface area contributed by atoms with Crippen LogP contribution in [0, 0.1) is 12.8 Å². The summed E-state index contributed by atoms with van der Waals surface area (Å²) in [6.45, 7) is 2.92. The van der Waals surface area contributed by atoms with Gasteiger partial charge in [-0.3, -0.25) is 0 Å². The molecule has 1 heterocycles. The summed E-state index contributed by atoms with van der Waals surface area (Å²) >= 11 is 0. The highest BCUT2D eigenvalue weighted by molar-refractivity contribution is 7.89. The highest BCUT2D eigenvalue weighted by Crippen LogP contribution is 2.41. The van der Waals surface area contributed by atoms with Crippen LogP contribution in [-0.2, 0) is 16.6 Å². The fraction of sp³-hybridized carbons (Fsp3) is 0.571. The molecule has 2 N–H and O–H groups in total. The van der Waals surface area contributed by atoms with Gasteiger partial charge in [0.05, 0.1) is 4.90 Å². The number of nitrogens with two attached hydrogens (primary N) is 1. The van der Waals surface area contributed by atoms with E-state index in [4.69, 9.17) is 5.73 Å². The monoisotopic (exact) mass is 280 g/mol. The molecule has 2 aliphatic rings. The lowest BCUT2D eigenvalue weighted by atomic mass is 10.1. The van der Waals surface area contributed by atoms with Gasteiger partial charge in [0.2, 0.25) is 10.0 Å². The van der Waals surface area contributed by atoms with Crippen molar-refractivity contribution in [3.8, 4) is 0 Å². The summed E-state index contributed by atoms with van der Waals surface area (Å²) in [5, 5.41) is 0. The van der Waals surface area contributed by atoms with Crippen molar-refractivity contribution in [3.63, 3.8) is 0 Å². The number of hydrogen-bond donors (Lipinski definition) is 1. The minimum absolute atomic E-state index is 0.218. The molecule has 104 valence electrons. The highest BCUT2D eigenvalue weighted by atomic mass is 32.2. The highest BCUT2D eigenvalue weighted by Gasteiger charge is 2.44. The van der Waals surface area contributed by atoms with E-state index in [0.717, 1.165) is 24.0 Å². The first kappa shape index (κ1) is 13.1. The third-order valence-electron chi connectivity index (χ3n) is 4.56. The van der Waals surface area contributed by atoms with E-state index in [2.05, 4.69) is 0 Å². The first-order valence-corrected chi connectivity index (χ1v) is 8.28. The number of rotatable bonds is 3. The third kappa shape index (κ3) is 2.00. The number of nitrogens with zero attached hydrogens (tertiary/aromatic N) is 1. The number of fused-ring (bicyclic) bond motifs is 2. The van der Waals surface area contributed by atoms with E-state index < -0.39 is 10.0 Å². The number of sulfonamides is 1. The largest absolute Gasteiger partial charge is 0.326 e. The number of piperidine rings is 1. The lowest BCUT2D eigenvalue weighted by Crippen LogP contribution is -2.38. The Hall–Kier alpha value is -0.910. The number of benzene rings is 1. The van der Waals surface area contributed by atoms with Crippen LogP contribution in [0.3, 0.4) is 0 Å². The SMILES string of the molecule is Cc1c(CN)cccc1S(=O)(=O)N1CC2CCC1C2. The fourth-order valence-electron chi connectivity index (χ4n) is 3.46. The summed E-state index contributed by atoms with van der Waals surface area (Å²) < 4.78 is 27.3. The van der Waals surface area contributed by atoms with Crippen molar-refractivity contribution in [1.29, 1.82) is 0 Å². The standard InChI is InChI=1S/C14H20N2O2S/c1-10-12(8-15)3-2-4-14(10)19(17,18)16-9-11-5-6-13(16)7-11/h2-4,11,13H,5-9,15H2,1H3. The Morgan fingerprint density at radius 1 is 1.37 bits per heavy atom. The molecule has 0 aromatic heterocycles. The number of hydrogen-bond acceptors (Lipinski definition) is 3. The molecule has 3 rings (SSSR count). The first-order valence-electron chi connectivity index (χ1n) is 6.84. The maximum Gasteiger partial charge on any atom is 0.243 e. The molecule has 2 fully saturated rings. The van der Waals surface area contributed by atoms with E-state index in [1.54, 1.807) is 16.4 Å².